The van der Waals surface area contributed by atoms with E-state index in [0.717, 1.165) is 18.2 Å². The van der Waals surface area contributed by atoms with Crippen LogP contribution in [0.15, 0.2) is 63.4 Å². The maximum atomic E-state index is 13.2. The van der Waals surface area contributed by atoms with Crippen LogP contribution >= 0.6 is 22.9 Å². The molecule has 2 N–H and O–H groups in total. The Hall–Kier alpha value is -1.71. The van der Waals surface area contributed by atoms with Crippen LogP contribution in [-0.4, -0.2) is 20.1 Å². The van der Waals surface area contributed by atoms with E-state index in [1.54, 1.807) is 29.6 Å². The van der Waals surface area contributed by atoms with Crippen LogP contribution in [0.4, 0.5) is 4.39 Å². The van der Waals surface area contributed by atoms with E-state index in [9.17, 15) is 17.9 Å². The van der Waals surface area contributed by atoms with Gasteiger partial charge in [0.15, 0.2) is 5.60 Å². The van der Waals surface area contributed by atoms with Gasteiger partial charge in [-0.2, -0.15) is 0 Å². The molecule has 9 heteroatoms. The molecule has 0 aliphatic heterocycles. The molecule has 2 heterocycles. The maximum Gasteiger partial charge on any atom is 0.240 e. The van der Waals surface area contributed by atoms with Gasteiger partial charge in [-0.15, -0.1) is 11.3 Å². The number of rotatable bonds is 6. The first-order valence-corrected chi connectivity index (χ1v) is 9.82. The SMILES string of the molecule is O=S(=O)(NC[C@@](O)(c1ccco1)c1cccs1)c1ccc(F)c(Cl)c1. The molecule has 3 rings (SSSR count). The lowest BCUT2D eigenvalue weighted by molar-refractivity contribution is 0.0655. The van der Waals surface area contributed by atoms with Crippen molar-refractivity contribution in [3.8, 4) is 0 Å². The molecule has 3 aromatic rings. The quantitative estimate of drug-likeness (QED) is 0.663. The lowest BCUT2D eigenvalue weighted by atomic mass is 9.99. The minimum Gasteiger partial charge on any atom is -0.466 e. The average molecular weight is 402 g/mol. The number of halogens is 2. The Labute approximate surface area is 152 Å². The molecule has 0 fully saturated rings. The number of thiophene rings is 1. The number of furan rings is 1. The summed E-state index contributed by atoms with van der Waals surface area (Å²) in [7, 11) is -4.01. The van der Waals surface area contributed by atoms with E-state index < -0.39 is 21.4 Å². The van der Waals surface area contributed by atoms with Crippen LogP contribution in [0, 0.1) is 5.82 Å². The Balaban J connectivity index is 1.90. The predicted octanol–water partition coefficient (Wildman–Crippen LogP) is 3.35. The molecule has 0 amide bonds. The molecule has 0 radical (unpaired) electrons. The van der Waals surface area contributed by atoms with Crippen molar-refractivity contribution in [3.05, 3.63) is 75.6 Å². The summed E-state index contributed by atoms with van der Waals surface area (Å²) < 4.78 is 45.7. The van der Waals surface area contributed by atoms with E-state index in [-0.39, 0.29) is 22.2 Å². The van der Waals surface area contributed by atoms with Crippen LogP contribution < -0.4 is 4.72 Å². The Morgan fingerprint density at radius 1 is 1.28 bits per heavy atom. The molecule has 0 aliphatic carbocycles. The highest BCUT2D eigenvalue weighted by atomic mass is 35.5. The number of benzene rings is 1. The second-order valence-corrected chi connectivity index (χ2v) is 8.34. The molecule has 0 saturated carbocycles. The summed E-state index contributed by atoms with van der Waals surface area (Å²) in [6.45, 7) is -0.363. The second-order valence-electron chi connectivity index (χ2n) is 5.22. The third kappa shape index (κ3) is 3.63. The topological polar surface area (TPSA) is 79.5 Å². The second kappa shape index (κ2) is 6.89. The molecule has 2 aromatic heterocycles. The summed E-state index contributed by atoms with van der Waals surface area (Å²) in [6, 6.07) is 9.65. The van der Waals surface area contributed by atoms with E-state index in [4.69, 9.17) is 16.0 Å². The third-order valence-corrected chi connectivity index (χ3v) is 6.29. The number of hydrogen-bond donors (Lipinski definition) is 2. The number of hydrogen-bond acceptors (Lipinski definition) is 5. The minimum atomic E-state index is -4.01. The molecule has 0 saturated heterocycles. The molecule has 0 spiro atoms. The number of sulfonamides is 1. The summed E-state index contributed by atoms with van der Waals surface area (Å²) in [5, 5.41) is 12.5. The van der Waals surface area contributed by atoms with Crippen molar-refractivity contribution >= 4 is 33.0 Å². The van der Waals surface area contributed by atoms with Crippen molar-refractivity contribution in [2.75, 3.05) is 6.54 Å². The molecule has 0 unspecified atom stereocenters. The first-order chi connectivity index (χ1) is 11.8. The Bertz CT molecular complexity index is 922. The van der Waals surface area contributed by atoms with Crippen molar-refractivity contribution in [1.29, 1.82) is 0 Å². The van der Waals surface area contributed by atoms with Crippen LogP contribution in [0.1, 0.15) is 10.6 Å². The zero-order chi connectivity index (χ0) is 18.1. The highest BCUT2D eigenvalue weighted by Crippen LogP contribution is 2.33. The summed E-state index contributed by atoms with van der Waals surface area (Å²) in [4.78, 5) is 0.314. The van der Waals surface area contributed by atoms with Gasteiger partial charge >= 0.3 is 0 Å². The lowest BCUT2D eigenvalue weighted by Gasteiger charge is -2.25. The standard InChI is InChI=1S/C16H13ClFNO4S2/c17-12-9-11(5-6-13(12)18)25(21,22)19-10-16(20,14-3-1-7-23-14)15-4-2-8-24-15/h1-9,19-20H,10H2/t16-/m1/s1. The fourth-order valence-electron chi connectivity index (χ4n) is 2.25. The van der Waals surface area contributed by atoms with Gasteiger partial charge in [0, 0.05) is 4.88 Å². The Kier molecular flexibility index (Phi) is 4.99. The van der Waals surface area contributed by atoms with Gasteiger partial charge < -0.3 is 9.52 Å². The highest BCUT2D eigenvalue weighted by Gasteiger charge is 2.37. The van der Waals surface area contributed by atoms with Crippen molar-refractivity contribution < 1.29 is 22.3 Å². The van der Waals surface area contributed by atoms with E-state index in [2.05, 4.69) is 4.72 Å². The average Bonchev–Trinajstić information content (AvgIpc) is 3.29. The molecule has 25 heavy (non-hydrogen) atoms. The molecule has 5 nitrogen and oxygen atoms in total. The molecular weight excluding hydrogens is 389 g/mol. The summed E-state index contributed by atoms with van der Waals surface area (Å²) in [5.74, 6) is -0.513. The van der Waals surface area contributed by atoms with Gasteiger partial charge in [0.2, 0.25) is 10.0 Å². The fraction of sp³-hybridized carbons (Fsp3) is 0.125. The van der Waals surface area contributed by atoms with Crippen molar-refractivity contribution in [3.63, 3.8) is 0 Å². The fourth-order valence-corrected chi connectivity index (χ4v) is 4.41. The van der Waals surface area contributed by atoms with E-state index in [1.165, 1.54) is 17.6 Å². The third-order valence-electron chi connectivity index (χ3n) is 3.58. The van der Waals surface area contributed by atoms with Crippen molar-refractivity contribution in [1.82, 2.24) is 4.72 Å². The van der Waals surface area contributed by atoms with Gasteiger partial charge in [0.25, 0.3) is 0 Å². The van der Waals surface area contributed by atoms with Crippen LogP contribution in [0.25, 0.3) is 0 Å². The first kappa shape index (κ1) is 18.1. The van der Waals surface area contributed by atoms with Crippen LogP contribution in [0.3, 0.4) is 0 Å². The van der Waals surface area contributed by atoms with E-state index >= 15 is 0 Å². The van der Waals surface area contributed by atoms with Gasteiger partial charge in [0.1, 0.15) is 11.6 Å². The largest absolute Gasteiger partial charge is 0.466 e. The van der Waals surface area contributed by atoms with Crippen molar-refractivity contribution in [2.45, 2.75) is 10.5 Å². The van der Waals surface area contributed by atoms with Gasteiger partial charge in [-0.25, -0.2) is 17.5 Å². The number of nitrogens with one attached hydrogen (secondary N) is 1. The van der Waals surface area contributed by atoms with E-state index in [0.29, 0.717) is 4.88 Å². The molecule has 1 atom stereocenters. The normalized spacial score (nSPS) is 14.4. The van der Waals surface area contributed by atoms with Crippen LogP contribution in [0.2, 0.25) is 5.02 Å². The summed E-state index contributed by atoms with van der Waals surface area (Å²) in [5.41, 5.74) is -1.67. The summed E-state index contributed by atoms with van der Waals surface area (Å²) >= 11 is 6.91. The molecule has 0 bridgehead atoms. The molecule has 132 valence electrons. The van der Waals surface area contributed by atoms with Gasteiger partial charge in [0.05, 0.1) is 22.7 Å². The van der Waals surface area contributed by atoms with Gasteiger partial charge in [-0.05, 0) is 41.8 Å². The molecule has 0 aliphatic rings. The van der Waals surface area contributed by atoms with Gasteiger partial charge in [-0.1, -0.05) is 17.7 Å². The molecule has 1 aromatic carbocycles. The smallest absolute Gasteiger partial charge is 0.240 e. The monoisotopic (exact) mass is 401 g/mol. The lowest BCUT2D eigenvalue weighted by Crippen LogP contribution is -2.40. The van der Waals surface area contributed by atoms with Crippen LogP contribution in [0.5, 0.6) is 0 Å². The van der Waals surface area contributed by atoms with Crippen molar-refractivity contribution in [2.24, 2.45) is 0 Å². The molecular formula is C16H13ClFNO4S2. The maximum absolute atomic E-state index is 13.2. The Morgan fingerprint density at radius 3 is 2.68 bits per heavy atom. The zero-order valence-electron chi connectivity index (χ0n) is 12.6. The summed E-state index contributed by atoms with van der Waals surface area (Å²) in [6.07, 6.45) is 1.39. The van der Waals surface area contributed by atoms with Crippen LogP contribution in [-0.2, 0) is 15.6 Å². The highest BCUT2D eigenvalue weighted by molar-refractivity contribution is 7.89. The predicted molar refractivity (Wildman–Crippen MR) is 92.6 cm³/mol. The first-order valence-electron chi connectivity index (χ1n) is 7.08. The Morgan fingerprint density at radius 2 is 2.08 bits per heavy atom. The number of aliphatic hydroxyl groups is 1. The minimum absolute atomic E-state index is 0.202. The van der Waals surface area contributed by atoms with E-state index in [1.807, 2.05) is 0 Å². The van der Waals surface area contributed by atoms with Gasteiger partial charge in [-0.3, -0.25) is 0 Å². The zero-order valence-corrected chi connectivity index (χ0v) is 15.0.